The number of halogens is 3. The Morgan fingerprint density at radius 1 is 1.16 bits per heavy atom. The van der Waals surface area contributed by atoms with E-state index in [1.165, 1.54) is 12.1 Å². The summed E-state index contributed by atoms with van der Waals surface area (Å²) in [5.41, 5.74) is -1.09. The lowest BCUT2D eigenvalue weighted by Gasteiger charge is -2.36. The molecule has 1 fully saturated rings. The van der Waals surface area contributed by atoms with Gasteiger partial charge in [-0.15, -0.1) is 0 Å². The number of aliphatic hydroxyl groups is 1. The second kappa shape index (κ2) is 5.13. The van der Waals surface area contributed by atoms with Gasteiger partial charge < -0.3 is 10.4 Å². The molecule has 1 aliphatic carbocycles. The molecule has 0 amide bonds. The maximum Gasteiger partial charge on any atom is 0.416 e. The monoisotopic (exact) mass is 273 g/mol. The summed E-state index contributed by atoms with van der Waals surface area (Å²) in [4.78, 5) is 0. The minimum absolute atomic E-state index is 0.384. The highest BCUT2D eigenvalue weighted by Crippen LogP contribution is 2.38. The molecule has 2 N–H and O–H groups in total. The van der Waals surface area contributed by atoms with Crippen LogP contribution in [0.4, 0.5) is 13.2 Å². The first-order valence-electron chi connectivity index (χ1n) is 6.42. The van der Waals surface area contributed by atoms with Gasteiger partial charge in [0.05, 0.1) is 11.2 Å². The standard InChI is InChI=1S/C14H18F3NO/c1-18-12-6-8-13(19,9-7-12)10-2-4-11(5-3-10)14(15,16)17/h2-5,12,18-19H,6-9H2,1H3. The molecule has 1 aromatic carbocycles. The SMILES string of the molecule is CNC1CCC(O)(c2ccc(C(F)(F)F)cc2)CC1. The van der Waals surface area contributed by atoms with Gasteiger partial charge in [0.2, 0.25) is 0 Å². The summed E-state index contributed by atoms with van der Waals surface area (Å²) in [5.74, 6) is 0. The van der Waals surface area contributed by atoms with Crippen molar-refractivity contribution >= 4 is 0 Å². The first-order chi connectivity index (χ1) is 8.85. The normalized spacial score (nSPS) is 28.4. The molecule has 19 heavy (non-hydrogen) atoms. The zero-order chi connectivity index (χ0) is 14.1. The smallest absolute Gasteiger partial charge is 0.385 e. The number of alkyl halides is 3. The van der Waals surface area contributed by atoms with Gasteiger partial charge in [-0.3, -0.25) is 0 Å². The lowest BCUT2D eigenvalue weighted by atomic mass is 9.77. The van der Waals surface area contributed by atoms with Crippen LogP contribution in [0.15, 0.2) is 24.3 Å². The molecule has 0 unspecified atom stereocenters. The van der Waals surface area contributed by atoms with Gasteiger partial charge in [0.15, 0.2) is 0 Å². The minimum atomic E-state index is -4.33. The van der Waals surface area contributed by atoms with E-state index in [9.17, 15) is 18.3 Å². The Hall–Kier alpha value is -1.07. The lowest BCUT2D eigenvalue weighted by molar-refractivity contribution is -0.137. The molecule has 1 aromatic rings. The van der Waals surface area contributed by atoms with Crippen molar-refractivity contribution < 1.29 is 18.3 Å². The Morgan fingerprint density at radius 3 is 2.11 bits per heavy atom. The van der Waals surface area contributed by atoms with Crippen LogP contribution in [0.3, 0.4) is 0 Å². The fourth-order valence-electron chi connectivity index (χ4n) is 2.64. The molecule has 0 aliphatic heterocycles. The molecule has 1 aliphatic rings. The van der Waals surface area contributed by atoms with E-state index < -0.39 is 17.3 Å². The van der Waals surface area contributed by atoms with Crippen molar-refractivity contribution in [1.82, 2.24) is 5.32 Å². The first kappa shape index (κ1) is 14.3. The predicted molar refractivity (Wildman–Crippen MR) is 66.7 cm³/mol. The molecule has 2 nitrogen and oxygen atoms in total. The molecule has 5 heteroatoms. The van der Waals surface area contributed by atoms with Crippen molar-refractivity contribution in [1.29, 1.82) is 0 Å². The van der Waals surface area contributed by atoms with Crippen LogP contribution in [0.2, 0.25) is 0 Å². The highest BCUT2D eigenvalue weighted by molar-refractivity contribution is 5.29. The van der Waals surface area contributed by atoms with Crippen molar-refractivity contribution in [3.05, 3.63) is 35.4 Å². The maximum absolute atomic E-state index is 12.5. The summed E-state index contributed by atoms with van der Waals surface area (Å²) in [7, 11) is 1.88. The topological polar surface area (TPSA) is 32.3 Å². The van der Waals surface area contributed by atoms with Gasteiger partial charge in [-0.1, -0.05) is 12.1 Å². The van der Waals surface area contributed by atoms with E-state index in [2.05, 4.69) is 5.32 Å². The summed E-state index contributed by atoms with van der Waals surface area (Å²) >= 11 is 0. The molecular formula is C14H18F3NO. The lowest BCUT2D eigenvalue weighted by Crippen LogP contribution is -2.38. The molecule has 2 rings (SSSR count). The van der Waals surface area contributed by atoms with E-state index in [0.717, 1.165) is 25.0 Å². The third-order valence-corrected chi connectivity index (χ3v) is 3.97. The second-order valence-electron chi connectivity index (χ2n) is 5.17. The van der Waals surface area contributed by atoms with E-state index in [1.807, 2.05) is 7.05 Å². The van der Waals surface area contributed by atoms with Crippen molar-refractivity contribution in [3.63, 3.8) is 0 Å². The Bertz CT molecular complexity index is 419. The van der Waals surface area contributed by atoms with Gasteiger partial charge >= 0.3 is 6.18 Å². The number of rotatable bonds is 2. The zero-order valence-corrected chi connectivity index (χ0v) is 10.8. The molecule has 106 valence electrons. The summed E-state index contributed by atoms with van der Waals surface area (Å²) in [6.07, 6.45) is -1.53. The molecule has 0 radical (unpaired) electrons. The van der Waals surface area contributed by atoms with Gasteiger partial charge in [0.25, 0.3) is 0 Å². The Labute approximate surface area is 110 Å². The van der Waals surface area contributed by atoms with Gasteiger partial charge in [0, 0.05) is 6.04 Å². The number of hydrogen-bond acceptors (Lipinski definition) is 2. The summed E-state index contributed by atoms with van der Waals surface area (Å²) in [6.45, 7) is 0. The fraction of sp³-hybridized carbons (Fsp3) is 0.571. The number of nitrogens with one attached hydrogen (secondary N) is 1. The van der Waals surface area contributed by atoms with Crippen LogP contribution in [0.1, 0.15) is 36.8 Å². The molecule has 0 saturated heterocycles. The van der Waals surface area contributed by atoms with Crippen molar-refractivity contribution in [2.24, 2.45) is 0 Å². The quantitative estimate of drug-likeness (QED) is 0.868. The van der Waals surface area contributed by atoms with Crippen LogP contribution in [-0.2, 0) is 11.8 Å². The van der Waals surface area contributed by atoms with Gasteiger partial charge in [-0.2, -0.15) is 13.2 Å². The van der Waals surface area contributed by atoms with Gasteiger partial charge in [-0.05, 0) is 50.4 Å². The molecule has 0 bridgehead atoms. The molecule has 0 atom stereocenters. The first-order valence-corrected chi connectivity index (χ1v) is 6.42. The van der Waals surface area contributed by atoms with Crippen molar-refractivity contribution in [3.8, 4) is 0 Å². The third-order valence-electron chi connectivity index (χ3n) is 3.97. The van der Waals surface area contributed by atoms with Crippen LogP contribution in [0.25, 0.3) is 0 Å². The Morgan fingerprint density at radius 2 is 1.68 bits per heavy atom. The summed E-state index contributed by atoms with van der Waals surface area (Å²) < 4.78 is 37.5. The van der Waals surface area contributed by atoms with Crippen LogP contribution in [0, 0.1) is 0 Å². The number of benzene rings is 1. The van der Waals surface area contributed by atoms with Gasteiger partial charge in [-0.25, -0.2) is 0 Å². The molecule has 0 spiro atoms. The molecule has 1 saturated carbocycles. The van der Waals surface area contributed by atoms with E-state index in [1.54, 1.807) is 0 Å². The minimum Gasteiger partial charge on any atom is -0.385 e. The van der Waals surface area contributed by atoms with Crippen molar-refractivity contribution in [2.75, 3.05) is 7.05 Å². The average molecular weight is 273 g/mol. The highest BCUT2D eigenvalue weighted by Gasteiger charge is 2.35. The van der Waals surface area contributed by atoms with Gasteiger partial charge in [0.1, 0.15) is 0 Å². The Kier molecular flexibility index (Phi) is 3.87. The van der Waals surface area contributed by atoms with E-state index in [4.69, 9.17) is 0 Å². The van der Waals surface area contributed by atoms with Crippen LogP contribution < -0.4 is 5.32 Å². The zero-order valence-electron chi connectivity index (χ0n) is 10.8. The second-order valence-corrected chi connectivity index (χ2v) is 5.17. The predicted octanol–water partition coefficient (Wildman–Crippen LogP) is 3.06. The number of hydrogen-bond donors (Lipinski definition) is 2. The average Bonchev–Trinajstić information content (AvgIpc) is 2.39. The summed E-state index contributed by atoms with van der Waals surface area (Å²) in [6, 6.07) is 5.25. The largest absolute Gasteiger partial charge is 0.416 e. The maximum atomic E-state index is 12.5. The van der Waals surface area contributed by atoms with E-state index in [0.29, 0.717) is 24.4 Å². The molecule has 0 heterocycles. The fourth-order valence-corrected chi connectivity index (χ4v) is 2.64. The highest BCUT2D eigenvalue weighted by atomic mass is 19.4. The van der Waals surface area contributed by atoms with Crippen LogP contribution in [0.5, 0.6) is 0 Å². The van der Waals surface area contributed by atoms with Crippen LogP contribution in [-0.4, -0.2) is 18.2 Å². The van der Waals surface area contributed by atoms with E-state index in [-0.39, 0.29) is 0 Å². The van der Waals surface area contributed by atoms with E-state index >= 15 is 0 Å². The van der Waals surface area contributed by atoms with Crippen LogP contribution >= 0.6 is 0 Å². The Balaban J connectivity index is 2.14. The van der Waals surface area contributed by atoms with Crippen molar-refractivity contribution in [2.45, 2.75) is 43.5 Å². The summed E-state index contributed by atoms with van der Waals surface area (Å²) in [5, 5.41) is 13.7. The molecular weight excluding hydrogens is 255 g/mol. The third kappa shape index (κ3) is 3.09. The molecule has 0 aromatic heterocycles.